The number of ether oxygens (including phenoxy) is 1. The van der Waals surface area contributed by atoms with Crippen molar-refractivity contribution in [1.29, 1.82) is 5.26 Å². The summed E-state index contributed by atoms with van der Waals surface area (Å²) in [6, 6.07) is 2.34. The van der Waals surface area contributed by atoms with Crippen LogP contribution in [0.4, 0.5) is 5.82 Å². The van der Waals surface area contributed by atoms with Crippen molar-refractivity contribution in [2.75, 3.05) is 18.5 Å². The van der Waals surface area contributed by atoms with Gasteiger partial charge < -0.3 is 10.1 Å². The van der Waals surface area contributed by atoms with E-state index in [1.165, 1.54) is 0 Å². The third kappa shape index (κ3) is 3.90. The Morgan fingerprint density at radius 2 is 2.00 bits per heavy atom. The van der Waals surface area contributed by atoms with Crippen LogP contribution in [-0.4, -0.2) is 29.5 Å². The fourth-order valence-electron chi connectivity index (χ4n) is 1.96. The van der Waals surface area contributed by atoms with Crippen LogP contribution in [0.5, 0.6) is 0 Å². The normalized spacial score (nSPS) is 11.9. The fraction of sp³-hybridized carbons (Fsp3) is 0.643. The van der Waals surface area contributed by atoms with Crippen LogP contribution < -0.4 is 5.32 Å². The minimum atomic E-state index is 0.0959. The van der Waals surface area contributed by atoms with Crippen LogP contribution >= 0.6 is 0 Å². The van der Waals surface area contributed by atoms with Gasteiger partial charge in [0.25, 0.3) is 0 Å². The van der Waals surface area contributed by atoms with Crippen LogP contribution in [-0.2, 0) is 17.6 Å². The molecule has 1 heterocycles. The van der Waals surface area contributed by atoms with Crippen LogP contribution in [0.3, 0.4) is 0 Å². The van der Waals surface area contributed by atoms with Crippen molar-refractivity contribution in [3.8, 4) is 6.07 Å². The molecule has 1 N–H and O–H groups in total. The molecule has 0 fully saturated rings. The van der Waals surface area contributed by atoms with E-state index in [9.17, 15) is 5.26 Å². The van der Waals surface area contributed by atoms with Gasteiger partial charge in [0.2, 0.25) is 0 Å². The van der Waals surface area contributed by atoms with E-state index in [0.717, 1.165) is 24.1 Å². The van der Waals surface area contributed by atoms with Gasteiger partial charge in [-0.15, -0.1) is 5.10 Å². The van der Waals surface area contributed by atoms with E-state index in [0.29, 0.717) is 24.6 Å². The highest BCUT2D eigenvalue weighted by molar-refractivity contribution is 5.56. The van der Waals surface area contributed by atoms with Gasteiger partial charge in [-0.2, -0.15) is 10.4 Å². The average Bonchev–Trinajstić information content (AvgIpc) is 2.44. The molecule has 0 aromatic carbocycles. The highest BCUT2D eigenvalue weighted by Gasteiger charge is 2.15. The number of nitriles is 1. The van der Waals surface area contributed by atoms with Crippen molar-refractivity contribution in [2.45, 2.75) is 46.6 Å². The van der Waals surface area contributed by atoms with Gasteiger partial charge in [0.15, 0.2) is 5.82 Å². The Hall–Kier alpha value is -1.67. The van der Waals surface area contributed by atoms with Gasteiger partial charge in [0.1, 0.15) is 11.6 Å². The number of aromatic nitrogens is 2. The molecule has 1 atom stereocenters. The van der Waals surface area contributed by atoms with E-state index in [2.05, 4.69) is 21.6 Å². The van der Waals surface area contributed by atoms with E-state index in [-0.39, 0.29) is 6.04 Å². The molecule has 0 aliphatic heterocycles. The van der Waals surface area contributed by atoms with Crippen molar-refractivity contribution in [3.05, 3.63) is 16.8 Å². The summed E-state index contributed by atoms with van der Waals surface area (Å²) in [5, 5.41) is 20.9. The molecule has 0 saturated heterocycles. The van der Waals surface area contributed by atoms with Crippen LogP contribution in [0.15, 0.2) is 0 Å². The molecule has 0 amide bonds. The fourth-order valence-corrected chi connectivity index (χ4v) is 1.96. The van der Waals surface area contributed by atoms with Crippen LogP contribution in [0.2, 0.25) is 0 Å². The summed E-state index contributed by atoms with van der Waals surface area (Å²) in [7, 11) is 0. The predicted octanol–water partition coefficient (Wildman–Crippen LogP) is 2.31. The van der Waals surface area contributed by atoms with Gasteiger partial charge in [-0.3, -0.25) is 0 Å². The van der Waals surface area contributed by atoms with Crippen molar-refractivity contribution >= 4 is 5.82 Å². The lowest BCUT2D eigenvalue weighted by molar-refractivity contribution is 0.141. The molecule has 5 nitrogen and oxygen atoms in total. The molecule has 19 heavy (non-hydrogen) atoms. The third-order valence-corrected chi connectivity index (χ3v) is 2.91. The Morgan fingerprint density at radius 3 is 2.53 bits per heavy atom. The zero-order valence-corrected chi connectivity index (χ0v) is 12.2. The van der Waals surface area contributed by atoms with Crippen LogP contribution in [0, 0.1) is 11.3 Å². The van der Waals surface area contributed by atoms with E-state index in [1.807, 2.05) is 27.7 Å². The molecule has 1 aromatic rings. The van der Waals surface area contributed by atoms with Gasteiger partial charge in [0, 0.05) is 12.6 Å². The van der Waals surface area contributed by atoms with Crippen molar-refractivity contribution in [2.24, 2.45) is 0 Å². The SMILES string of the molecule is CCOCC(C)Nc1nnc(CC)c(CC)c1C#N. The minimum absolute atomic E-state index is 0.0959. The highest BCUT2D eigenvalue weighted by atomic mass is 16.5. The summed E-state index contributed by atoms with van der Waals surface area (Å²) in [4.78, 5) is 0. The molecule has 0 aliphatic carbocycles. The van der Waals surface area contributed by atoms with Crippen LogP contribution in [0.1, 0.15) is 44.5 Å². The maximum absolute atomic E-state index is 9.35. The first-order chi connectivity index (χ1) is 9.17. The number of rotatable bonds is 7. The van der Waals surface area contributed by atoms with Crippen molar-refractivity contribution in [1.82, 2.24) is 10.2 Å². The van der Waals surface area contributed by atoms with Gasteiger partial charge in [-0.05, 0) is 32.3 Å². The Morgan fingerprint density at radius 1 is 1.26 bits per heavy atom. The van der Waals surface area contributed by atoms with E-state index < -0.39 is 0 Å². The topological polar surface area (TPSA) is 70.8 Å². The molecular formula is C14H22N4O. The maximum Gasteiger partial charge on any atom is 0.167 e. The summed E-state index contributed by atoms with van der Waals surface area (Å²) < 4.78 is 5.35. The number of hydrogen-bond acceptors (Lipinski definition) is 5. The first-order valence-electron chi connectivity index (χ1n) is 6.80. The first kappa shape index (κ1) is 15.4. The lowest BCUT2D eigenvalue weighted by Gasteiger charge is -2.16. The Labute approximate surface area is 115 Å². The van der Waals surface area contributed by atoms with E-state index in [1.54, 1.807) is 0 Å². The predicted molar refractivity (Wildman–Crippen MR) is 75.1 cm³/mol. The summed E-state index contributed by atoms with van der Waals surface area (Å²) >= 11 is 0. The second-order valence-corrected chi connectivity index (χ2v) is 4.37. The highest BCUT2D eigenvalue weighted by Crippen LogP contribution is 2.20. The van der Waals surface area contributed by atoms with Crippen LogP contribution in [0.25, 0.3) is 0 Å². The molecular weight excluding hydrogens is 240 g/mol. The second kappa shape index (κ2) is 7.70. The summed E-state index contributed by atoms with van der Waals surface area (Å²) in [5.74, 6) is 0.559. The van der Waals surface area contributed by atoms with Crippen molar-refractivity contribution < 1.29 is 4.74 Å². The molecule has 104 valence electrons. The summed E-state index contributed by atoms with van der Waals surface area (Å²) in [6.07, 6.45) is 1.58. The Balaban J connectivity index is 2.99. The van der Waals surface area contributed by atoms with Crippen molar-refractivity contribution in [3.63, 3.8) is 0 Å². The van der Waals surface area contributed by atoms with Gasteiger partial charge in [-0.1, -0.05) is 13.8 Å². The van der Waals surface area contributed by atoms with E-state index in [4.69, 9.17) is 4.74 Å². The minimum Gasteiger partial charge on any atom is -0.380 e. The Kier molecular flexibility index (Phi) is 6.23. The molecule has 1 unspecified atom stereocenters. The summed E-state index contributed by atoms with van der Waals surface area (Å²) in [6.45, 7) is 9.27. The van der Waals surface area contributed by atoms with E-state index >= 15 is 0 Å². The number of nitrogens with one attached hydrogen (secondary N) is 1. The van der Waals surface area contributed by atoms with Gasteiger partial charge in [0.05, 0.1) is 12.3 Å². The number of anilines is 1. The smallest absolute Gasteiger partial charge is 0.167 e. The van der Waals surface area contributed by atoms with Gasteiger partial charge in [-0.25, -0.2) is 0 Å². The standard InChI is InChI=1S/C14H22N4O/c1-5-11-12(8-15)14(18-17-13(11)6-2)16-10(4)9-19-7-3/h10H,5-7,9H2,1-4H3,(H,16,18). The zero-order valence-electron chi connectivity index (χ0n) is 12.2. The molecule has 0 saturated carbocycles. The maximum atomic E-state index is 9.35. The monoisotopic (exact) mass is 262 g/mol. The first-order valence-corrected chi connectivity index (χ1v) is 6.80. The summed E-state index contributed by atoms with van der Waals surface area (Å²) in [5.41, 5.74) is 2.51. The molecule has 0 aliphatic rings. The molecule has 1 rings (SSSR count). The number of aryl methyl sites for hydroxylation is 1. The molecule has 0 bridgehead atoms. The quantitative estimate of drug-likeness (QED) is 0.816. The average molecular weight is 262 g/mol. The molecule has 1 aromatic heterocycles. The molecule has 0 spiro atoms. The largest absolute Gasteiger partial charge is 0.380 e. The second-order valence-electron chi connectivity index (χ2n) is 4.37. The number of nitrogens with zero attached hydrogens (tertiary/aromatic N) is 3. The lowest BCUT2D eigenvalue weighted by Crippen LogP contribution is -2.24. The zero-order chi connectivity index (χ0) is 14.3. The number of hydrogen-bond donors (Lipinski definition) is 1. The van der Waals surface area contributed by atoms with Gasteiger partial charge >= 0.3 is 0 Å². The molecule has 5 heteroatoms. The Bertz CT molecular complexity index is 453. The molecule has 0 radical (unpaired) electrons. The third-order valence-electron chi connectivity index (χ3n) is 2.91. The lowest BCUT2D eigenvalue weighted by atomic mass is 10.0.